The van der Waals surface area contributed by atoms with Crippen LogP contribution in [-0.4, -0.2) is 27.6 Å². The van der Waals surface area contributed by atoms with Gasteiger partial charge in [0.25, 0.3) is 11.5 Å². The third-order valence-corrected chi connectivity index (χ3v) is 4.44. The molecular formula is C21H18N4O3. The molecule has 4 rings (SSSR count). The molecule has 7 nitrogen and oxygen atoms in total. The normalized spacial score (nSPS) is 10.8. The zero-order valence-electron chi connectivity index (χ0n) is 15.2. The molecule has 2 N–H and O–H groups in total. The summed E-state index contributed by atoms with van der Waals surface area (Å²) in [7, 11) is 1.59. The molecule has 0 aliphatic rings. The van der Waals surface area contributed by atoms with E-state index in [-0.39, 0.29) is 17.1 Å². The van der Waals surface area contributed by atoms with E-state index in [2.05, 4.69) is 15.4 Å². The van der Waals surface area contributed by atoms with E-state index < -0.39 is 0 Å². The number of hydrogen-bond donors (Lipinski definition) is 2. The number of hydrogen-bond acceptors (Lipinski definition) is 4. The predicted molar refractivity (Wildman–Crippen MR) is 105 cm³/mol. The van der Waals surface area contributed by atoms with Crippen molar-refractivity contribution in [2.24, 2.45) is 0 Å². The SMILES string of the molecule is COc1ccccc1CNC(=O)c1c[nH]n2c(=O)cc(-c3ccccc3)nc12. The zero-order chi connectivity index (χ0) is 19.5. The van der Waals surface area contributed by atoms with Gasteiger partial charge in [0.05, 0.1) is 12.8 Å². The number of nitrogens with zero attached hydrogens (tertiary/aromatic N) is 2. The summed E-state index contributed by atoms with van der Waals surface area (Å²) in [6.07, 6.45) is 1.48. The lowest BCUT2D eigenvalue weighted by Crippen LogP contribution is -2.23. The lowest BCUT2D eigenvalue weighted by molar-refractivity contribution is 0.0952. The maximum absolute atomic E-state index is 12.7. The Labute approximate surface area is 160 Å². The van der Waals surface area contributed by atoms with E-state index in [1.165, 1.54) is 16.8 Å². The van der Waals surface area contributed by atoms with Crippen LogP contribution < -0.4 is 15.6 Å². The number of carbonyl (C=O) groups excluding carboxylic acids is 1. The monoisotopic (exact) mass is 374 g/mol. The molecule has 0 aliphatic carbocycles. The van der Waals surface area contributed by atoms with Crippen LogP contribution >= 0.6 is 0 Å². The Kier molecular flexibility index (Phi) is 4.63. The molecule has 4 aromatic rings. The highest BCUT2D eigenvalue weighted by Crippen LogP contribution is 2.18. The van der Waals surface area contributed by atoms with Crippen LogP contribution in [0, 0.1) is 0 Å². The first-order valence-corrected chi connectivity index (χ1v) is 8.74. The second-order valence-corrected chi connectivity index (χ2v) is 6.19. The third kappa shape index (κ3) is 3.25. The van der Waals surface area contributed by atoms with Crippen molar-refractivity contribution in [3.05, 3.63) is 88.3 Å². The molecule has 28 heavy (non-hydrogen) atoms. The molecule has 1 amide bonds. The smallest absolute Gasteiger partial charge is 0.273 e. The number of para-hydroxylation sites is 1. The molecule has 7 heteroatoms. The molecule has 0 spiro atoms. The van der Waals surface area contributed by atoms with Crippen LogP contribution in [0.25, 0.3) is 16.9 Å². The predicted octanol–water partition coefficient (Wildman–Crippen LogP) is 2.63. The van der Waals surface area contributed by atoms with E-state index in [1.54, 1.807) is 7.11 Å². The Morgan fingerprint density at radius 3 is 2.68 bits per heavy atom. The van der Waals surface area contributed by atoms with Gasteiger partial charge in [-0.1, -0.05) is 48.5 Å². The molecule has 0 atom stereocenters. The summed E-state index contributed by atoms with van der Waals surface area (Å²) >= 11 is 0. The number of ether oxygens (including phenoxy) is 1. The standard InChI is InChI=1S/C21H18N4O3/c1-28-18-10-6-5-9-15(18)12-22-21(27)16-13-23-25-19(26)11-17(24-20(16)25)14-7-3-2-4-8-14/h2-11,13,23H,12H2,1H3,(H,22,27). The fourth-order valence-corrected chi connectivity index (χ4v) is 3.02. The summed E-state index contributed by atoms with van der Waals surface area (Å²) < 4.78 is 6.56. The van der Waals surface area contributed by atoms with Crippen LogP contribution in [-0.2, 0) is 6.54 Å². The first-order valence-electron chi connectivity index (χ1n) is 8.74. The Bertz CT molecular complexity index is 1200. The molecule has 0 bridgehead atoms. The maximum atomic E-state index is 12.7. The number of carbonyl (C=O) groups is 1. The van der Waals surface area contributed by atoms with Crippen LogP contribution in [0.1, 0.15) is 15.9 Å². The van der Waals surface area contributed by atoms with Crippen molar-refractivity contribution < 1.29 is 9.53 Å². The second kappa shape index (κ2) is 7.40. The summed E-state index contributed by atoms with van der Waals surface area (Å²) in [6, 6.07) is 18.3. The Morgan fingerprint density at radius 1 is 1.14 bits per heavy atom. The van der Waals surface area contributed by atoms with Gasteiger partial charge >= 0.3 is 0 Å². The molecule has 0 fully saturated rings. The van der Waals surface area contributed by atoms with Crippen LogP contribution in [0.4, 0.5) is 0 Å². The summed E-state index contributed by atoms with van der Waals surface area (Å²) in [4.78, 5) is 29.7. The molecule has 2 aromatic carbocycles. The van der Waals surface area contributed by atoms with Crippen molar-refractivity contribution in [2.75, 3.05) is 7.11 Å². The molecule has 0 aliphatic heterocycles. The largest absolute Gasteiger partial charge is 0.496 e. The minimum Gasteiger partial charge on any atom is -0.496 e. The number of H-pyrrole nitrogens is 1. The minimum absolute atomic E-state index is 0.281. The van der Waals surface area contributed by atoms with E-state index in [0.29, 0.717) is 23.6 Å². The van der Waals surface area contributed by atoms with Gasteiger partial charge in [-0.25, -0.2) is 9.50 Å². The van der Waals surface area contributed by atoms with Crippen molar-refractivity contribution in [1.29, 1.82) is 0 Å². The molecule has 2 heterocycles. The molecule has 0 unspecified atom stereocenters. The summed E-state index contributed by atoms with van der Waals surface area (Å²) in [5.41, 5.74) is 2.47. The zero-order valence-corrected chi connectivity index (χ0v) is 15.2. The number of rotatable bonds is 5. The quantitative estimate of drug-likeness (QED) is 0.562. The molecule has 0 saturated carbocycles. The van der Waals surface area contributed by atoms with E-state index >= 15 is 0 Å². The van der Waals surface area contributed by atoms with Gasteiger partial charge in [0, 0.05) is 29.9 Å². The van der Waals surface area contributed by atoms with Crippen molar-refractivity contribution in [3.63, 3.8) is 0 Å². The average molecular weight is 374 g/mol. The van der Waals surface area contributed by atoms with Gasteiger partial charge in [-0.2, -0.15) is 0 Å². The lowest BCUT2D eigenvalue weighted by Gasteiger charge is -2.09. The maximum Gasteiger partial charge on any atom is 0.273 e. The van der Waals surface area contributed by atoms with E-state index in [0.717, 1.165) is 11.1 Å². The van der Waals surface area contributed by atoms with Crippen molar-refractivity contribution >= 4 is 11.6 Å². The fourth-order valence-electron chi connectivity index (χ4n) is 3.02. The van der Waals surface area contributed by atoms with Crippen molar-refractivity contribution in [2.45, 2.75) is 6.54 Å². The number of nitrogens with one attached hydrogen (secondary N) is 2. The Balaban J connectivity index is 1.66. The van der Waals surface area contributed by atoms with Gasteiger partial charge in [0.15, 0.2) is 5.65 Å². The third-order valence-electron chi connectivity index (χ3n) is 4.44. The second-order valence-electron chi connectivity index (χ2n) is 6.19. The Hall–Kier alpha value is -3.87. The molecule has 2 aromatic heterocycles. The number of methoxy groups -OCH3 is 1. The summed E-state index contributed by atoms with van der Waals surface area (Å²) in [5.74, 6) is 0.365. The van der Waals surface area contributed by atoms with E-state index in [9.17, 15) is 9.59 Å². The lowest BCUT2D eigenvalue weighted by atomic mass is 10.1. The first-order chi connectivity index (χ1) is 13.7. The number of benzene rings is 2. The van der Waals surface area contributed by atoms with Gasteiger partial charge in [0.2, 0.25) is 0 Å². The number of amides is 1. The summed E-state index contributed by atoms with van der Waals surface area (Å²) in [6.45, 7) is 0.294. The highest BCUT2D eigenvalue weighted by atomic mass is 16.5. The van der Waals surface area contributed by atoms with E-state index in [1.807, 2.05) is 54.6 Å². The topological polar surface area (TPSA) is 88.5 Å². The van der Waals surface area contributed by atoms with Gasteiger partial charge < -0.3 is 10.1 Å². The highest BCUT2D eigenvalue weighted by molar-refractivity contribution is 5.99. The van der Waals surface area contributed by atoms with Gasteiger partial charge in [-0.15, -0.1) is 0 Å². The van der Waals surface area contributed by atoms with Crippen molar-refractivity contribution in [1.82, 2.24) is 19.9 Å². The van der Waals surface area contributed by atoms with Gasteiger partial charge in [-0.05, 0) is 6.07 Å². The molecule has 0 radical (unpaired) electrons. The molecule has 140 valence electrons. The Morgan fingerprint density at radius 2 is 1.89 bits per heavy atom. The molecule has 0 saturated heterocycles. The van der Waals surface area contributed by atoms with Crippen LogP contribution in [0.5, 0.6) is 5.75 Å². The number of aromatic nitrogens is 3. The van der Waals surface area contributed by atoms with Crippen LogP contribution in [0.15, 0.2) is 71.7 Å². The van der Waals surface area contributed by atoms with Gasteiger partial charge in [-0.3, -0.25) is 14.7 Å². The average Bonchev–Trinajstić information content (AvgIpc) is 3.17. The minimum atomic E-state index is -0.332. The fraction of sp³-hybridized carbons (Fsp3) is 0.0952. The van der Waals surface area contributed by atoms with Crippen LogP contribution in [0.3, 0.4) is 0 Å². The molecular weight excluding hydrogens is 356 g/mol. The number of aromatic amines is 1. The van der Waals surface area contributed by atoms with E-state index in [4.69, 9.17) is 4.74 Å². The number of fused-ring (bicyclic) bond motifs is 1. The first kappa shape index (κ1) is 17.5. The van der Waals surface area contributed by atoms with Gasteiger partial charge in [0.1, 0.15) is 11.3 Å². The summed E-state index contributed by atoms with van der Waals surface area (Å²) in [5, 5.41) is 5.65. The highest BCUT2D eigenvalue weighted by Gasteiger charge is 2.16. The van der Waals surface area contributed by atoms with Crippen LogP contribution in [0.2, 0.25) is 0 Å². The van der Waals surface area contributed by atoms with Crippen molar-refractivity contribution in [3.8, 4) is 17.0 Å².